The Hall–Kier alpha value is -1.21. The molecule has 1 rings (SSSR count). The molecule has 0 bridgehead atoms. The van der Waals surface area contributed by atoms with E-state index in [2.05, 4.69) is 25.1 Å². The minimum Gasteiger partial charge on any atom is -0.434 e. The molecule has 0 heterocycles. The predicted octanol–water partition coefficient (Wildman–Crippen LogP) is 2.60. The maximum atomic E-state index is 12.5. The summed E-state index contributed by atoms with van der Waals surface area (Å²) < 4.78 is 54.8. The normalized spacial score (nSPS) is 11.9. The average molecular weight is 534 g/mol. The molecule has 0 aliphatic rings. The van der Waals surface area contributed by atoms with Crippen molar-refractivity contribution in [2.75, 3.05) is 25.4 Å². The molecule has 1 aromatic carbocycles. The topological polar surface area (TPSA) is 91.8 Å². The summed E-state index contributed by atoms with van der Waals surface area (Å²) in [5.41, 5.74) is 1.48. The van der Waals surface area contributed by atoms with Crippen molar-refractivity contribution in [3.05, 3.63) is 29.3 Å². The summed E-state index contributed by atoms with van der Waals surface area (Å²) in [6.45, 7) is 4.08. The number of hydrogen-bond acceptors (Lipinski definition) is 4. The molecule has 28 heavy (non-hydrogen) atoms. The number of nitrogens with zero attached hydrogens (tertiary/aromatic N) is 1. The Balaban J connectivity index is 0.00000729. The lowest BCUT2D eigenvalue weighted by Crippen LogP contribution is -2.38. The zero-order valence-corrected chi connectivity index (χ0v) is 19.4. The molecule has 0 atom stereocenters. The molecule has 0 unspecified atom stereocenters. The van der Waals surface area contributed by atoms with Crippen LogP contribution in [0.15, 0.2) is 23.2 Å². The standard InChI is InChI=1S/C17H28F2N4O3S.HI/c1-4-20-17(21-9-6-10-23-27(24,25)5-2)22-12-14-11-13(3)7-8-15(14)26-16(18)19;/h7-8,11,16,23H,4-6,9-10,12H2,1-3H3,(H2,20,21,22);1H. The second kappa shape index (κ2) is 13.9. The van der Waals surface area contributed by atoms with Crippen LogP contribution < -0.4 is 20.1 Å². The summed E-state index contributed by atoms with van der Waals surface area (Å²) in [5, 5.41) is 6.14. The van der Waals surface area contributed by atoms with Crippen LogP contribution in [0, 0.1) is 6.92 Å². The molecular weight excluding hydrogens is 505 g/mol. The molecule has 0 aliphatic heterocycles. The first-order valence-corrected chi connectivity index (χ1v) is 10.5. The van der Waals surface area contributed by atoms with E-state index >= 15 is 0 Å². The first-order chi connectivity index (χ1) is 12.8. The Kier molecular flexibility index (Phi) is 13.3. The van der Waals surface area contributed by atoms with E-state index in [1.165, 1.54) is 6.07 Å². The monoisotopic (exact) mass is 534 g/mol. The Morgan fingerprint density at radius 3 is 2.54 bits per heavy atom. The summed E-state index contributed by atoms with van der Waals surface area (Å²) >= 11 is 0. The van der Waals surface area contributed by atoms with Gasteiger partial charge in [-0.15, -0.1) is 24.0 Å². The zero-order valence-electron chi connectivity index (χ0n) is 16.3. The number of nitrogens with one attached hydrogen (secondary N) is 3. The van der Waals surface area contributed by atoms with E-state index < -0.39 is 16.6 Å². The van der Waals surface area contributed by atoms with Crippen LogP contribution in [0.3, 0.4) is 0 Å². The van der Waals surface area contributed by atoms with E-state index in [0.29, 0.717) is 37.6 Å². The van der Waals surface area contributed by atoms with Gasteiger partial charge in [-0.05, 0) is 33.3 Å². The van der Waals surface area contributed by atoms with E-state index in [1.54, 1.807) is 19.1 Å². The lowest BCUT2D eigenvalue weighted by atomic mass is 10.1. The first kappa shape index (κ1) is 26.8. The van der Waals surface area contributed by atoms with E-state index in [-0.39, 0.29) is 42.0 Å². The Labute approximate surface area is 182 Å². The fourth-order valence-corrected chi connectivity index (χ4v) is 2.83. The molecular formula is C17H29F2IN4O3S. The number of sulfonamides is 1. The molecule has 0 fully saturated rings. The molecule has 162 valence electrons. The highest BCUT2D eigenvalue weighted by atomic mass is 127. The summed E-state index contributed by atoms with van der Waals surface area (Å²) in [5.74, 6) is 0.661. The number of alkyl halides is 2. The van der Waals surface area contributed by atoms with Crippen LogP contribution in [0.5, 0.6) is 5.75 Å². The third-order valence-electron chi connectivity index (χ3n) is 3.53. The Bertz CT molecular complexity index is 718. The van der Waals surface area contributed by atoms with Gasteiger partial charge in [0.1, 0.15) is 5.75 Å². The number of aliphatic imine (C=N–C) groups is 1. The minimum absolute atomic E-state index is 0. The highest BCUT2D eigenvalue weighted by molar-refractivity contribution is 14.0. The van der Waals surface area contributed by atoms with Crippen LogP contribution in [0.2, 0.25) is 0 Å². The highest BCUT2D eigenvalue weighted by Crippen LogP contribution is 2.22. The van der Waals surface area contributed by atoms with Gasteiger partial charge in [0.05, 0.1) is 12.3 Å². The number of ether oxygens (including phenoxy) is 1. The number of guanidine groups is 1. The molecule has 0 amide bonds. The zero-order chi connectivity index (χ0) is 20.3. The van der Waals surface area contributed by atoms with Gasteiger partial charge in [0.15, 0.2) is 5.96 Å². The van der Waals surface area contributed by atoms with Gasteiger partial charge in [-0.3, -0.25) is 0 Å². The van der Waals surface area contributed by atoms with Gasteiger partial charge in [-0.2, -0.15) is 8.78 Å². The minimum atomic E-state index is -3.19. The second-order valence-electron chi connectivity index (χ2n) is 5.76. The number of aryl methyl sites for hydroxylation is 1. The molecule has 0 saturated carbocycles. The van der Waals surface area contributed by atoms with Crippen LogP contribution in [0.4, 0.5) is 8.78 Å². The van der Waals surface area contributed by atoms with Crippen LogP contribution in [0.1, 0.15) is 31.4 Å². The van der Waals surface area contributed by atoms with Crippen molar-refractivity contribution in [2.45, 2.75) is 40.3 Å². The molecule has 1 aromatic rings. The van der Waals surface area contributed by atoms with Crippen LogP contribution in [-0.4, -0.2) is 46.4 Å². The predicted molar refractivity (Wildman–Crippen MR) is 118 cm³/mol. The molecule has 11 heteroatoms. The smallest absolute Gasteiger partial charge is 0.387 e. The third kappa shape index (κ3) is 11.0. The van der Waals surface area contributed by atoms with Crippen LogP contribution >= 0.6 is 24.0 Å². The van der Waals surface area contributed by atoms with Gasteiger partial charge in [0.25, 0.3) is 0 Å². The molecule has 0 spiro atoms. The van der Waals surface area contributed by atoms with E-state index in [4.69, 9.17) is 0 Å². The van der Waals surface area contributed by atoms with Gasteiger partial charge in [0.2, 0.25) is 10.0 Å². The molecule has 0 aliphatic carbocycles. The van der Waals surface area contributed by atoms with Crippen LogP contribution in [-0.2, 0) is 16.6 Å². The molecule has 3 N–H and O–H groups in total. The Morgan fingerprint density at radius 2 is 1.93 bits per heavy atom. The number of halogens is 3. The van der Waals surface area contributed by atoms with Crippen molar-refractivity contribution in [1.29, 1.82) is 0 Å². The quantitative estimate of drug-likeness (QED) is 0.176. The van der Waals surface area contributed by atoms with Crippen molar-refractivity contribution < 1.29 is 21.9 Å². The number of rotatable bonds is 11. The van der Waals surface area contributed by atoms with Crippen molar-refractivity contribution in [3.63, 3.8) is 0 Å². The lowest BCUT2D eigenvalue weighted by Gasteiger charge is -2.13. The summed E-state index contributed by atoms with van der Waals surface area (Å²) in [6, 6.07) is 4.96. The molecule has 7 nitrogen and oxygen atoms in total. The van der Waals surface area contributed by atoms with Crippen molar-refractivity contribution in [1.82, 2.24) is 15.4 Å². The third-order valence-corrected chi connectivity index (χ3v) is 4.94. The average Bonchev–Trinajstić information content (AvgIpc) is 2.60. The maximum absolute atomic E-state index is 12.5. The maximum Gasteiger partial charge on any atom is 0.387 e. The van der Waals surface area contributed by atoms with Crippen molar-refractivity contribution in [2.24, 2.45) is 4.99 Å². The highest BCUT2D eigenvalue weighted by Gasteiger charge is 2.10. The molecule has 0 aromatic heterocycles. The second-order valence-corrected chi connectivity index (χ2v) is 7.86. The van der Waals surface area contributed by atoms with E-state index in [0.717, 1.165) is 5.56 Å². The van der Waals surface area contributed by atoms with E-state index in [1.807, 2.05) is 13.8 Å². The van der Waals surface area contributed by atoms with Gasteiger partial charge in [-0.25, -0.2) is 18.1 Å². The van der Waals surface area contributed by atoms with Gasteiger partial charge in [-0.1, -0.05) is 17.7 Å². The van der Waals surface area contributed by atoms with Crippen molar-refractivity contribution in [3.8, 4) is 5.75 Å². The SMILES string of the molecule is CCNC(=NCc1cc(C)ccc1OC(F)F)NCCCNS(=O)(=O)CC.I. The van der Waals surface area contributed by atoms with Crippen LogP contribution in [0.25, 0.3) is 0 Å². The lowest BCUT2D eigenvalue weighted by molar-refractivity contribution is -0.0504. The van der Waals surface area contributed by atoms with Gasteiger partial charge < -0.3 is 15.4 Å². The van der Waals surface area contributed by atoms with Gasteiger partial charge >= 0.3 is 6.61 Å². The first-order valence-electron chi connectivity index (χ1n) is 8.81. The Morgan fingerprint density at radius 1 is 1.21 bits per heavy atom. The number of hydrogen-bond donors (Lipinski definition) is 3. The summed E-state index contributed by atoms with van der Waals surface area (Å²) in [6.07, 6.45) is 0.577. The summed E-state index contributed by atoms with van der Waals surface area (Å²) in [4.78, 5) is 4.39. The molecule has 0 radical (unpaired) electrons. The van der Waals surface area contributed by atoms with Gasteiger partial charge in [0, 0.05) is 25.2 Å². The van der Waals surface area contributed by atoms with Crippen molar-refractivity contribution >= 4 is 40.0 Å². The fraction of sp³-hybridized carbons (Fsp3) is 0.588. The number of benzene rings is 1. The molecule has 0 saturated heterocycles. The van der Waals surface area contributed by atoms with E-state index in [9.17, 15) is 17.2 Å². The largest absolute Gasteiger partial charge is 0.434 e. The summed E-state index contributed by atoms with van der Waals surface area (Å²) in [7, 11) is -3.19. The fourth-order valence-electron chi connectivity index (χ4n) is 2.17.